The summed E-state index contributed by atoms with van der Waals surface area (Å²) < 4.78 is 25.3. The molecule has 2 rings (SSSR count). The van der Waals surface area contributed by atoms with Crippen molar-refractivity contribution in [3.05, 3.63) is 24.8 Å². The molecule has 0 amide bonds. The number of aromatic amines is 2. The average Bonchev–Trinajstić information content (AvgIpc) is 2.71. The molecule has 0 bridgehead atoms. The van der Waals surface area contributed by atoms with Crippen LogP contribution in [0.1, 0.15) is 0 Å². The average molecular weight is 213 g/mol. The van der Waals surface area contributed by atoms with Gasteiger partial charge in [-0.05, 0) is 0 Å². The molecular formula is C6H7N5O2S. The number of rotatable bonds is 3. The number of imidazole rings is 1. The van der Waals surface area contributed by atoms with E-state index in [9.17, 15) is 8.42 Å². The molecular weight excluding hydrogens is 206 g/mol. The first-order valence-electron chi connectivity index (χ1n) is 3.69. The molecule has 0 aliphatic rings. The maximum absolute atomic E-state index is 11.5. The maximum atomic E-state index is 11.5. The van der Waals surface area contributed by atoms with Crippen LogP contribution in [0.25, 0.3) is 0 Å². The molecule has 0 unspecified atom stereocenters. The summed E-state index contributed by atoms with van der Waals surface area (Å²) in [5.41, 5.74) is 0. The van der Waals surface area contributed by atoms with Gasteiger partial charge in [0.2, 0.25) is 5.95 Å². The summed E-state index contributed by atoms with van der Waals surface area (Å²) in [7, 11) is -3.58. The van der Waals surface area contributed by atoms with Crippen LogP contribution in [0.15, 0.2) is 29.7 Å². The van der Waals surface area contributed by atoms with E-state index in [1.54, 1.807) is 0 Å². The minimum atomic E-state index is -3.58. The first-order chi connectivity index (χ1) is 6.68. The van der Waals surface area contributed by atoms with E-state index >= 15 is 0 Å². The van der Waals surface area contributed by atoms with Crippen LogP contribution >= 0.6 is 0 Å². The van der Waals surface area contributed by atoms with Crippen LogP contribution in [0.4, 0.5) is 5.95 Å². The smallest absolute Gasteiger partial charge is 0.267 e. The predicted octanol–water partition coefficient (Wildman–Crippen LogP) is -0.0664. The van der Waals surface area contributed by atoms with Gasteiger partial charge in [0.15, 0.2) is 0 Å². The maximum Gasteiger partial charge on any atom is 0.267 e. The number of hydrogen-bond acceptors (Lipinski definition) is 4. The van der Waals surface area contributed by atoms with Gasteiger partial charge in [-0.15, -0.1) is 0 Å². The monoisotopic (exact) mass is 213 g/mol. The van der Waals surface area contributed by atoms with Crippen LogP contribution in [0, 0.1) is 0 Å². The van der Waals surface area contributed by atoms with E-state index in [2.05, 4.69) is 24.9 Å². The summed E-state index contributed by atoms with van der Waals surface area (Å²) in [5, 5.41) is 5.96. The fourth-order valence-electron chi connectivity index (χ4n) is 0.893. The Hall–Kier alpha value is -1.83. The van der Waals surface area contributed by atoms with Crippen LogP contribution in [0.5, 0.6) is 0 Å². The van der Waals surface area contributed by atoms with Gasteiger partial charge in [-0.3, -0.25) is 5.10 Å². The van der Waals surface area contributed by atoms with Crippen molar-refractivity contribution >= 4 is 16.0 Å². The Morgan fingerprint density at radius 1 is 1.43 bits per heavy atom. The van der Waals surface area contributed by atoms with Crippen molar-refractivity contribution in [3.63, 3.8) is 0 Å². The minimum absolute atomic E-state index is 0.0638. The minimum Gasteiger partial charge on any atom is -0.330 e. The van der Waals surface area contributed by atoms with Crippen molar-refractivity contribution in [2.24, 2.45) is 0 Å². The number of nitrogens with one attached hydrogen (secondary N) is 3. The second kappa shape index (κ2) is 3.14. The third-order valence-corrected chi connectivity index (χ3v) is 2.82. The van der Waals surface area contributed by atoms with Gasteiger partial charge < -0.3 is 4.98 Å². The lowest BCUT2D eigenvalue weighted by Gasteiger charge is -2.00. The fraction of sp³-hybridized carbons (Fsp3) is 0. The zero-order valence-corrected chi connectivity index (χ0v) is 7.75. The van der Waals surface area contributed by atoms with E-state index in [0.29, 0.717) is 0 Å². The third-order valence-electron chi connectivity index (χ3n) is 1.51. The molecule has 0 radical (unpaired) electrons. The van der Waals surface area contributed by atoms with Gasteiger partial charge in [0.1, 0.15) is 4.90 Å². The van der Waals surface area contributed by atoms with Crippen LogP contribution in [0.2, 0.25) is 0 Å². The van der Waals surface area contributed by atoms with E-state index in [-0.39, 0.29) is 10.8 Å². The van der Waals surface area contributed by atoms with Gasteiger partial charge in [0, 0.05) is 18.6 Å². The molecule has 0 saturated carbocycles. The van der Waals surface area contributed by atoms with Crippen molar-refractivity contribution in [1.82, 2.24) is 20.2 Å². The van der Waals surface area contributed by atoms with Crippen LogP contribution in [-0.4, -0.2) is 28.6 Å². The molecule has 74 valence electrons. The summed E-state index contributed by atoms with van der Waals surface area (Å²) in [5.74, 6) is 0.172. The van der Waals surface area contributed by atoms with Gasteiger partial charge in [0.05, 0.1) is 6.20 Å². The highest BCUT2D eigenvalue weighted by Gasteiger charge is 2.15. The highest BCUT2D eigenvalue weighted by atomic mass is 32.2. The molecule has 0 fully saturated rings. The molecule has 2 aromatic rings. The highest BCUT2D eigenvalue weighted by Crippen LogP contribution is 2.09. The third kappa shape index (κ3) is 1.59. The molecule has 0 atom stereocenters. The zero-order chi connectivity index (χ0) is 10.0. The largest absolute Gasteiger partial charge is 0.330 e. The quantitative estimate of drug-likeness (QED) is 0.664. The van der Waals surface area contributed by atoms with Gasteiger partial charge in [-0.25, -0.2) is 18.1 Å². The van der Waals surface area contributed by atoms with Gasteiger partial charge >= 0.3 is 0 Å². The fourth-order valence-corrected chi connectivity index (χ4v) is 1.78. The van der Waals surface area contributed by atoms with E-state index in [4.69, 9.17) is 0 Å². The molecule has 14 heavy (non-hydrogen) atoms. The summed E-state index contributed by atoms with van der Waals surface area (Å²) in [4.78, 5) is 6.42. The van der Waals surface area contributed by atoms with Crippen molar-refractivity contribution in [2.45, 2.75) is 4.90 Å². The van der Waals surface area contributed by atoms with E-state index in [0.717, 1.165) is 0 Å². The lowest BCUT2D eigenvalue weighted by molar-refractivity contribution is 0.601. The summed E-state index contributed by atoms with van der Waals surface area (Å²) >= 11 is 0. The van der Waals surface area contributed by atoms with E-state index in [1.165, 1.54) is 24.8 Å². The van der Waals surface area contributed by atoms with Crippen LogP contribution < -0.4 is 4.72 Å². The van der Waals surface area contributed by atoms with Crippen molar-refractivity contribution in [1.29, 1.82) is 0 Å². The normalized spacial score (nSPS) is 11.4. The number of aromatic nitrogens is 4. The van der Waals surface area contributed by atoms with Gasteiger partial charge in [-0.2, -0.15) is 5.10 Å². The Morgan fingerprint density at radius 3 is 2.86 bits per heavy atom. The molecule has 2 heterocycles. The van der Waals surface area contributed by atoms with Crippen molar-refractivity contribution < 1.29 is 8.42 Å². The first-order valence-corrected chi connectivity index (χ1v) is 5.18. The number of hydrogen-bond donors (Lipinski definition) is 3. The Bertz CT molecular complexity index is 486. The molecule has 0 aliphatic carbocycles. The van der Waals surface area contributed by atoms with Crippen LogP contribution in [-0.2, 0) is 10.0 Å². The van der Waals surface area contributed by atoms with Crippen LogP contribution in [0.3, 0.4) is 0 Å². The second-order valence-corrected chi connectivity index (χ2v) is 4.16. The van der Waals surface area contributed by atoms with Gasteiger partial charge in [0.25, 0.3) is 10.0 Å². The highest BCUT2D eigenvalue weighted by molar-refractivity contribution is 7.92. The first kappa shape index (κ1) is 8.75. The van der Waals surface area contributed by atoms with Crippen molar-refractivity contribution in [3.8, 4) is 0 Å². The zero-order valence-electron chi connectivity index (χ0n) is 6.93. The molecule has 0 aliphatic heterocycles. The standard InChI is InChI=1S/C6H7N5O2S/c12-14(13,5-3-9-10-4-5)11-6-7-1-2-8-6/h1-4H,(H,9,10)(H2,7,8,11). The molecule has 0 aromatic carbocycles. The number of sulfonamides is 1. The Kier molecular flexibility index (Phi) is 1.97. The van der Waals surface area contributed by atoms with E-state index < -0.39 is 10.0 Å². The predicted molar refractivity (Wildman–Crippen MR) is 48.0 cm³/mol. The molecule has 8 heteroatoms. The Labute approximate surface area is 79.6 Å². The molecule has 0 saturated heterocycles. The summed E-state index contributed by atoms with van der Waals surface area (Å²) in [6.07, 6.45) is 5.47. The molecule has 3 N–H and O–H groups in total. The number of anilines is 1. The second-order valence-electron chi connectivity index (χ2n) is 2.48. The SMILES string of the molecule is O=S(=O)(Nc1ncc[nH]1)c1cn[nH]c1. The van der Waals surface area contributed by atoms with E-state index in [1.807, 2.05) is 0 Å². The Balaban J connectivity index is 2.27. The Morgan fingerprint density at radius 2 is 2.29 bits per heavy atom. The summed E-state index contributed by atoms with van der Waals surface area (Å²) in [6, 6.07) is 0. The van der Waals surface area contributed by atoms with Gasteiger partial charge in [-0.1, -0.05) is 0 Å². The number of nitrogens with zero attached hydrogens (tertiary/aromatic N) is 2. The number of H-pyrrole nitrogens is 2. The topological polar surface area (TPSA) is 104 Å². The molecule has 2 aromatic heterocycles. The lowest BCUT2D eigenvalue weighted by atomic mass is 10.7. The van der Waals surface area contributed by atoms with Crippen molar-refractivity contribution in [2.75, 3.05) is 4.72 Å². The molecule has 0 spiro atoms. The lowest BCUT2D eigenvalue weighted by Crippen LogP contribution is -2.13. The summed E-state index contributed by atoms with van der Waals surface area (Å²) in [6.45, 7) is 0. The molecule has 7 nitrogen and oxygen atoms in total.